The average Bonchev–Trinajstić information content (AvgIpc) is 2.71. The van der Waals surface area contributed by atoms with Gasteiger partial charge in [-0.15, -0.1) is 0 Å². The predicted molar refractivity (Wildman–Crippen MR) is 111 cm³/mol. The van der Waals surface area contributed by atoms with E-state index in [1.54, 1.807) is 17.0 Å². The van der Waals surface area contributed by atoms with Crippen LogP contribution in [0.15, 0.2) is 84.0 Å². The first kappa shape index (κ1) is 19.5. The fourth-order valence-electron chi connectivity index (χ4n) is 2.66. The van der Waals surface area contributed by atoms with E-state index >= 15 is 0 Å². The molecule has 2 N–H and O–H groups in total. The molecule has 0 fully saturated rings. The highest BCUT2D eigenvalue weighted by atomic mass is 35.5. The van der Waals surface area contributed by atoms with E-state index in [0.29, 0.717) is 23.7 Å². The Morgan fingerprint density at radius 1 is 0.964 bits per heavy atom. The molecule has 0 radical (unpaired) electrons. The molecule has 0 aliphatic rings. The van der Waals surface area contributed by atoms with Crippen LogP contribution < -0.4 is 5.43 Å². The molecule has 0 aliphatic carbocycles. The Morgan fingerprint density at radius 2 is 1.54 bits per heavy atom. The van der Waals surface area contributed by atoms with Crippen molar-refractivity contribution in [3.8, 4) is 5.75 Å². The Hall–Kier alpha value is -3.31. The number of nitrogens with one attached hydrogen (secondary N) is 1. The molecule has 0 heterocycles. The molecule has 0 unspecified atom stereocenters. The summed E-state index contributed by atoms with van der Waals surface area (Å²) in [4.78, 5) is 14.4. The number of phenols is 1. The second-order valence-electron chi connectivity index (χ2n) is 6.21. The topological polar surface area (TPSA) is 64.9 Å². The number of carbonyl (C=O) groups excluding carboxylic acids is 1. The molecule has 0 saturated heterocycles. The lowest BCUT2D eigenvalue weighted by Gasteiger charge is -2.22. The molecule has 3 aromatic rings. The first-order valence-electron chi connectivity index (χ1n) is 8.76. The normalized spacial score (nSPS) is 10.8. The van der Waals surface area contributed by atoms with Crippen molar-refractivity contribution in [2.45, 2.75) is 13.1 Å². The number of nitrogens with zero attached hydrogens (tertiary/aromatic N) is 2. The number of halogens is 1. The third-order valence-electron chi connectivity index (χ3n) is 4.07. The summed E-state index contributed by atoms with van der Waals surface area (Å²) in [5.74, 6) is 0.0350. The predicted octanol–water partition coefficient (Wildman–Crippen LogP) is 4.79. The summed E-state index contributed by atoms with van der Waals surface area (Å²) in [6, 6.07) is 23.8. The summed E-state index contributed by atoms with van der Waals surface area (Å²) < 4.78 is 0. The van der Waals surface area contributed by atoms with Crippen LogP contribution in [0.1, 0.15) is 16.7 Å². The number of hydrogen-bond donors (Lipinski definition) is 2. The maximum atomic E-state index is 12.7. The molecular formula is C22H20ClN3O2. The molecule has 6 heteroatoms. The molecule has 3 aromatic carbocycles. The highest BCUT2D eigenvalue weighted by molar-refractivity contribution is 6.30. The van der Waals surface area contributed by atoms with Crippen LogP contribution in [0, 0.1) is 0 Å². The van der Waals surface area contributed by atoms with Gasteiger partial charge in [0.05, 0.1) is 6.21 Å². The van der Waals surface area contributed by atoms with Crippen LogP contribution in [0.4, 0.5) is 4.79 Å². The molecule has 142 valence electrons. The van der Waals surface area contributed by atoms with Gasteiger partial charge in [0.1, 0.15) is 5.75 Å². The summed E-state index contributed by atoms with van der Waals surface area (Å²) >= 11 is 5.92. The second-order valence-corrected chi connectivity index (χ2v) is 6.64. The van der Waals surface area contributed by atoms with Crippen molar-refractivity contribution in [3.05, 3.63) is 101 Å². The fourth-order valence-corrected chi connectivity index (χ4v) is 2.84. The van der Waals surface area contributed by atoms with E-state index in [9.17, 15) is 9.90 Å². The van der Waals surface area contributed by atoms with Gasteiger partial charge in [-0.05, 0) is 29.3 Å². The smallest absolute Gasteiger partial charge is 0.338 e. The van der Waals surface area contributed by atoms with Gasteiger partial charge in [-0.2, -0.15) is 5.10 Å². The van der Waals surface area contributed by atoms with Crippen LogP contribution in [-0.4, -0.2) is 22.3 Å². The van der Waals surface area contributed by atoms with Crippen molar-refractivity contribution in [2.75, 3.05) is 0 Å². The quantitative estimate of drug-likeness (QED) is 0.467. The molecule has 2 amide bonds. The molecule has 0 atom stereocenters. The van der Waals surface area contributed by atoms with E-state index < -0.39 is 0 Å². The number of aromatic hydroxyl groups is 1. The molecule has 0 aliphatic heterocycles. The Morgan fingerprint density at radius 3 is 2.11 bits per heavy atom. The maximum Gasteiger partial charge on any atom is 0.338 e. The van der Waals surface area contributed by atoms with Gasteiger partial charge in [-0.25, -0.2) is 10.2 Å². The molecule has 0 saturated carbocycles. The van der Waals surface area contributed by atoms with Crippen LogP contribution >= 0.6 is 11.6 Å². The van der Waals surface area contributed by atoms with Gasteiger partial charge < -0.3 is 10.0 Å². The zero-order valence-corrected chi connectivity index (χ0v) is 15.9. The average molecular weight is 394 g/mol. The minimum absolute atomic E-state index is 0.0350. The van der Waals surface area contributed by atoms with Crippen molar-refractivity contribution in [3.63, 3.8) is 0 Å². The molecule has 0 aromatic heterocycles. The third kappa shape index (κ3) is 5.59. The van der Waals surface area contributed by atoms with Gasteiger partial charge in [-0.3, -0.25) is 0 Å². The molecule has 3 rings (SSSR count). The van der Waals surface area contributed by atoms with Crippen LogP contribution in [0.3, 0.4) is 0 Å². The zero-order chi connectivity index (χ0) is 19.8. The van der Waals surface area contributed by atoms with Gasteiger partial charge in [0, 0.05) is 23.7 Å². The molecule has 28 heavy (non-hydrogen) atoms. The minimum atomic E-state index is -0.342. The SMILES string of the molecule is O=C(N/N=C/c1cc(Cl)ccc1O)N(Cc1ccccc1)Cc1ccccc1. The van der Waals surface area contributed by atoms with Gasteiger partial charge in [0.2, 0.25) is 0 Å². The number of hydrazone groups is 1. The second kappa shape index (κ2) is 9.58. The minimum Gasteiger partial charge on any atom is -0.507 e. The molecule has 0 spiro atoms. The fraction of sp³-hybridized carbons (Fsp3) is 0.0909. The van der Waals surface area contributed by atoms with Gasteiger partial charge in [0.25, 0.3) is 0 Å². The Balaban J connectivity index is 1.72. The summed E-state index contributed by atoms with van der Waals surface area (Å²) in [7, 11) is 0. The van der Waals surface area contributed by atoms with Crippen LogP contribution in [-0.2, 0) is 13.1 Å². The summed E-state index contributed by atoms with van der Waals surface area (Å²) in [6.07, 6.45) is 1.36. The van der Waals surface area contributed by atoms with Crippen molar-refractivity contribution in [2.24, 2.45) is 5.10 Å². The van der Waals surface area contributed by atoms with E-state index in [1.165, 1.54) is 12.3 Å². The van der Waals surface area contributed by atoms with Crippen molar-refractivity contribution < 1.29 is 9.90 Å². The first-order chi connectivity index (χ1) is 13.6. The number of amides is 2. The highest BCUT2D eigenvalue weighted by Gasteiger charge is 2.14. The van der Waals surface area contributed by atoms with E-state index in [0.717, 1.165) is 11.1 Å². The highest BCUT2D eigenvalue weighted by Crippen LogP contribution is 2.19. The monoisotopic (exact) mass is 393 g/mol. The lowest BCUT2D eigenvalue weighted by atomic mass is 10.2. The Labute approximate surface area is 168 Å². The van der Waals surface area contributed by atoms with Crippen LogP contribution in [0.25, 0.3) is 0 Å². The zero-order valence-electron chi connectivity index (χ0n) is 15.1. The maximum absolute atomic E-state index is 12.7. The standard InChI is InChI=1S/C22H20ClN3O2/c23-20-11-12-21(27)19(13-20)14-24-25-22(28)26(15-17-7-3-1-4-8-17)16-18-9-5-2-6-10-18/h1-14,27H,15-16H2,(H,25,28)/b24-14+. The van der Waals surface area contributed by atoms with Gasteiger partial charge in [-0.1, -0.05) is 72.3 Å². The summed E-state index contributed by atoms with van der Waals surface area (Å²) in [6.45, 7) is 0.888. The third-order valence-corrected chi connectivity index (χ3v) is 4.31. The largest absolute Gasteiger partial charge is 0.507 e. The van der Waals surface area contributed by atoms with Gasteiger partial charge in [0.15, 0.2) is 0 Å². The number of carbonyl (C=O) groups is 1. The number of phenolic OH excluding ortho intramolecular Hbond substituents is 1. The number of rotatable bonds is 6. The number of urea groups is 1. The molecule has 0 bridgehead atoms. The first-order valence-corrected chi connectivity index (χ1v) is 9.14. The molecular weight excluding hydrogens is 374 g/mol. The lowest BCUT2D eigenvalue weighted by Crippen LogP contribution is -2.36. The van der Waals surface area contributed by atoms with Crippen LogP contribution in [0.5, 0.6) is 5.75 Å². The Bertz CT molecular complexity index is 905. The Kier molecular flexibility index (Phi) is 6.65. The number of hydrogen-bond acceptors (Lipinski definition) is 3. The van der Waals surface area contributed by atoms with Gasteiger partial charge >= 0.3 is 6.03 Å². The van der Waals surface area contributed by atoms with E-state index in [1.807, 2.05) is 60.7 Å². The van der Waals surface area contributed by atoms with Crippen molar-refractivity contribution >= 4 is 23.8 Å². The lowest BCUT2D eigenvalue weighted by molar-refractivity contribution is 0.193. The number of benzene rings is 3. The summed E-state index contributed by atoms with van der Waals surface area (Å²) in [5.41, 5.74) is 4.98. The van der Waals surface area contributed by atoms with Crippen molar-refractivity contribution in [1.82, 2.24) is 10.3 Å². The summed E-state index contributed by atoms with van der Waals surface area (Å²) in [5, 5.41) is 14.3. The van der Waals surface area contributed by atoms with E-state index in [-0.39, 0.29) is 11.8 Å². The van der Waals surface area contributed by atoms with E-state index in [4.69, 9.17) is 11.6 Å². The van der Waals surface area contributed by atoms with Crippen molar-refractivity contribution in [1.29, 1.82) is 0 Å². The van der Waals surface area contributed by atoms with Crippen LogP contribution in [0.2, 0.25) is 5.02 Å². The van der Waals surface area contributed by atoms with E-state index in [2.05, 4.69) is 10.5 Å². The molecule has 5 nitrogen and oxygen atoms in total.